The highest BCUT2D eigenvalue weighted by Gasteiger charge is 2.34. The van der Waals surface area contributed by atoms with E-state index >= 15 is 0 Å². The second kappa shape index (κ2) is 14.0. The first-order valence-corrected chi connectivity index (χ1v) is 15.5. The van der Waals surface area contributed by atoms with Crippen molar-refractivity contribution in [1.82, 2.24) is 10.0 Å². The molecule has 8 nitrogen and oxygen atoms in total. The van der Waals surface area contributed by atoms with Crippen molar-refractivity contribution in [2.75, 3.05) is 6.54 Å². The maximum absolute atomic E-state index is 13.0. The van der Waals surface area contributed by atoms with Crippen molar-refractivity contribution in [2.24, 2.45) is 0 Å². The molecule has 0 saturated carbocycles. The van der Waals surface area contributed by atoms with Crippen molar-refractivity contribution >= 4 is 35.1 Å². The lowest BCUT2D eigenvalue weighted by molar-refractivity contribution is -0.122. The zero-order chi connectivity index (χ0) is 28.5. The molecule has 0 bridgehead atoms. The standard InChI is InChI=1S/C26H28ClF2N2O6PS/c27-21-11-15-23(16-12-21)39(35,36)31-24(25(32)30-17-5-4-8-19-6-2-1-3-7-19)18-20-9-13-22(14-10-20)37-38(33,34)26(28)29/h1-3,6-7,9-16,24,26,31H,4-5,8,17-18H2,(H,30,32)(H,33,34)/t24-/m0/s1. The summed E-state index contributed by atoms with van der Waals surface area (Å²) in [6.45, 7) is 0.330. The number of hydrogen-bond donors (Lipinski definition) is 3. The number of unbranched alkanes of at least 4 members (excludes halogenated alkanes) is 1. The summed E-state index contributed by atoms with van der Waals surface area (Å²) in [6.07, 6.45) is -1.33. The summed E-state index contributed by atoms with van der Waals surface area (Å²) in [5, 5.41) is 3.11. The largest absolute Gasteiger partial charge is 0.442 e. The van der Waals surface area contributed by atoms with Crippen LogP contribution in [0.4, 0.5) is 8.78 Å². The number of benzene rings is 3. The van der Waals surface area contributed by atoms with Gasteiger partial charge in [-0.05, 0) is 73.2 Å². The van der Waals surface area contributed by atoms with Gasteiger partial charge in [0.05, 0.1) is 4.90 Å². The summed E-state index contributed by atoms with van der Waals surface area (Å²) < 4.78 is 69.5. The molecule has 2 atom stereocenters. The summed E-state index contributed by atoms with van der Waals surface area (Å²) in [5.74, 6) is -0.823. The molecule has 3 rings (SSSR count). The molecule has 0 spiro atoms. The lowest BCUT2D eigenvalue weighted by Crippen LogP contribution is -2.48. The Morgan fingerprint density at radius 2 is 1.59 bits per heavy atom. The molecule has 0 aliphatic carbocycles. The van der Waals surface area contributed by atoms with E-state index in [0.717, 1.165) is 12.8 Å². The zero-order valence-corrected chi connectivity index (χ0v) is 23.1. The van der Waals surface area contributed by atoms with E-state index in [0.29, 0.717) is 23.6 Å². The minimum atomic E-state index is -5.15. The van der Waals surface area contributed by atoms with Gasteiger partial charge in [0.15, 0.2) is 0 Å². The predicted molar refractivity (Wildman–Crippen MR) is 145 cm³/mol. The Hall–Kier alpha value is -2.82. The summed E-state index contributed by atoms with van der Waals surface area (Å²) in [4.78, 5) is 22.2. The van der Waals surface area contributed by atoms with Crippen LogP contribution in [0.5, 0.6) is 5.75 Å². The monoisotopic (exact) mass is 600 g/mol. The number of alkyl halides is 2. The number of amides is 1. The quantitative estimate of drug-likeness (QED) is 0.174. The fourth-order valence-corrected chi connectivity index (χ4v) is 5.43. The van der Waals surface area contributed by atoms with Crippen LogP contribution in [0, 0.1) is 0 Å². The van der Waals surface area contributed by atoms with Crippen molar-refractivity contribution in [2.45, 2.75) is 42.8 Å². The molecule has 210 valence electrons. The van der Waals surface area contributed by atoms with E-state index in [2.05, 4.69) is 14.6 Å². The van der Waals surface area contributed by atoms with Crippen LogP contribution in [-0.2, 0) is 32.2 Å². The number of sulfonamides is 1. The molecule has 0 heterocycles. The highest BCUT2D eigenvalue weighted by atomic mass is 35.5. The van der Waals surface area contributed by atoms with Crippen molar-refractivity contribution in [3.8, 4) is 5.75 Å². The van der Waals surface area contributed by atoms with Crippen LogP contribution in [-0.4, -0.2) is 38.0 Å². The molecule has 3 aromatic carbocycles. The molecule has 0 aliphatic heterocycles. The van der Waals surface area contributed by atoms with Gasteiger partial charge in [-0.2, -0.15) is 13.5 Å². The lowest BCUT2D eigenvalue weighted by atomic mass is 10.1. The fraction of sp³-hybridized carbons (Fsp3) is 0.269. The molecule has 3 aromatic rings. The summed E-state index contributed by atoms with van der Waals surface area (Å²) >= 11 is 5.85. The van der Waals surface area contributed by atoms with Crippen molar-refractivity contribution < 1.29 is 36.0 Å². The van der Waals surface area contributed by atoms with E-state index in [1.54, 1.807) is 0 Å². The maximum Gasteiger partial charge on any atom is 0.442 e. The van der Waals surface area contributed by atoms with Crippen LogP contribution in [0.3, 0.4) is 0 Å². The predicted octanol–water partition coefficient (Wildman–Crippen LogP) is 5.16. The molecular formula is C26H28ClF2N2O6PS. The zero-order valence-electron chi connectivity index (χ0n) is 20.7. The van der Waals surface area contributed by atoms with Gasteiger partial charge >= 0.3 is 13.8 Å². The van der Waals surface area contributed by atoms with Crippen LogP contribution in [0.15, 0.2) is 83.8 Å². The minimum absolute atomic E-state index is 0.0815. The third-order valence-electron chi connectivity index (χ3n) is 5.62. The van der Waals surface area contributed by atoms with Crippen LogP contribution in [0.2, 0.25) is 5.02 Å². The van der Waals surface area contributed by atoms with Gasteiger partial charge in [0, 0.05) is 11.6 Å². The van der Waals surface area contributed by atoms with Gasteiger partial charge in [-0.25, -0.2) is 13.0 Å². The number of halogens is 3. The molecule has 0 fully saturated rings. The van der Waals surface area contributed by atoms with Gasteiger partial charge in [-0.1, -0.05) is 54.1 Å². The third kappa shape index (κ3) is 9.70. The topological polar surface area (TPSA) is 122 Å². The average molecular weight is 601 g/mol. The van der Waals surface area contributed by atoms with Crippen molar-refractivity contribution in [1.29, 1.82) is 0 Å². The number of carbonyl (C=O) groups is 1. The number of rotatable bonds is 14. The first-order valence-electron chi connectivity index (χ1n) is 11.9. The molecule has 0 aromatic heterocycles. The first-order chi connectivity index (χ1) is 18.5. The van der Waals surface area contributed by atoms with Crippen LogP contribution >= 0.6 is 19.2 Å². The van der Waals surface area contributed by atoms with Crippen LogP contribution in [0.1, 0.15) is 24.0 Å². The van der Waals surface area contributed by atoms with E-state index in [1.165, 1.54) is 54.1 Å². The van der Waals surface area contributed by atoms with Crippen LogP contribution < -0.4 is 14.6 Å². The Bertz CT molecular complexity index is 1380. The molecular weight excluding hydrogens is 573 g/mol. The molecule has 0 radical (unpaired) electrons. The summed E-state index contributed by atoms with van der Waals surface area (Å²) in [5.41, 5.74) is 1.63. The average Bonchev–Trinajstić information content (AvgIpc) is 2.89. The Morgan fingerprint density at radius 3 is 2.21 bits per heavy atom. The number of aryl methyl sites for hydroxylation is 1. The SMILES string of the molecule is O=C(NCCCCc1ccccc1)[C@H](Cc1ccc(OP(=O)(O)C(F)F)cc1)NS(=O)(=O)c1ccc(Cl)cc1. The fourth-order valence-electron chi connectivity index (χ4n) is 3.60. The van der Waals surface area contributed by atoms with Gasteiger partial charge < -0.3 is 14.7 Å². The maximum atomic E-state index is 13.0. The molecule has 0 aliphatic rings. The second-order valence-electron chi connectivity index (χ2n) is 8.64. The Labute approximate surface area is 230 Å². The van der Waals surface area contributed by atoms with E-state index in [4.69, 9.17) is 11.6 Å². The number of hydrogen-bond acceptors (Lipinski definition) is 5. The van der Waals surface area contributed by atoms with E-state index in [1.807, 2.05) is 30.3 Å². The molecule has 1 amide bonds. The molecule has 39 heavy (non-hydrogen) atoms. The summed E-state index contributed by atoms with van der Waals surface area (Å²) in [7, 11) is -9.25. The minimum Gasteiger partial charge on any atom is -0.421 e. The number of carbonyl (C=O) groups excluding carboxylic acids is 1. The van der Waals surface area contributed by atoms with Crippen molar-refractivity contribution in [3.05, 3.63) is 95.0 Å². The third-order valence-corrected chi connectivity index (χ3v) is 8.32. The van der Waals surface area contributed by atoms with Gasteiger partial charge in [0.25, 0.3) is 0 Å². The molecule has 1 unspecified atom stereocenters. The smallest absolute Gasteiger partial charge is 0.421 e. The number of nitrogens with one attached hydrogen (secondary N) is 2. The van der Waals surface area contributed by atoms with E-state index < -0.39 is 35.7 Å². The lowest BCUT2D eigenvalue weighted by Gasteiger charge is -2.19. The van der Waals surface area contributed by atoms with Gasteiger partial charge in [-0.3, -0.25) is 4.79 Å². The Balaban J connectivity index is 1.68. The Kier molecular flexibility index (Phi) is 11.0. The van der Waals surface area contributed by atoms with Gasteiger partial charge in [-0.15, -0.1) is 0 Å². The highest BCUT2D eigenvalue weighted by Crippen LogP contribution is 2.48. The van der Waals surface area contributed by atoms with Crippen molar-refractivity contribution in [3.63, 3.8) is 0 Å². The first kappa shape index (κ1) is 30.7. The normalized spacial score (nSPS) is 14.0. The van der Waals surface area contributed by atoms with Gasteiger partial charge in [0.1, 0.15) is 11.8 Å². The summed E-state index contributed by atoms with van der Waals surface area (Å²) in [6, 6.07) is 19.3. The van der Waals surface area contributed by atoms with Crippen LogP contribution in [0.25, 0.3) is 0 Å². The highest BCUT2D eigenvalue weighted by molar-refractivity contribution is 7.89. The Morgan fingerprint density at radius 1 is 0.949 bits per heavy atom. The molecule has 3 N–H and O–H groups in total. The second-order valence-corrected chi connectivity index (χ2v) is 12.5. The van der Waals surface area contributed by atoms with E-state index in [-0.39, 0.29) is 17.1 Å². The molecule has 13 heteroatoms. The van der Waals surface area contributed by atoms with E-state index in [9.17, 15) is 31.5 Å². The van der Waals surface area contributed by atoms with Gasteiger partial charge in [0.2, 0.25) is 15.9 Å². The molecule has 0 saturated heterocycles.